The topological polar surface area (TPSA) is 47.6 Å². The lowest BCUT2D eigenvalue weighted by Gasteiger charge is -2.36. The van der Waals surface area contributed by atoms with E-state index in [1.165, 1.54) is 0 Å². The Morgan fingerprint density at radius 1 is 1.11 bits per heavy atom. The number of hydrogen-bond donors (Lipinski definition) is 2. The van der Waals surface area contributed by atoms with Gasteiger partial charge in [0.2, 0.25) is 0 Å². The Labute approximate surface area is 161 Å². The molecule has 1 amide bonds. The zero-order valence-electron chi connectivity index (χ0n) is 15.4. The van der Waals surface area contributed by atoms with Crippen molar-refractivity contribution in [2.24, 2.45) is 0 Å². The third-order valence-electron chi connectivity index (χ3n) is 5.37. The molecule has 2 aromatic rings. The zero-order chi connectivity index (χ0) is 19.8. The van der Waals surface area contributed by atoms with Gasteiger partial charge in [-0.1, -0.05) is 0 Å². The van der Waals surface area contributed by atoms with E-state index >= 15 is 0 Å². The van der Waals surface area contributed by atoms with E-state index in [0.29, 0.717) is 30.5 Å². The van der Waals surface area contributed by atoms with Gasteiger partial charge in [-0.2, -0.15) is 0 Å². The van der Waals surface area contributed by atoms with Crippen LogP contribution in [0.3, 0.4) is 0 Å². The first kappa shape index (κ1) is 18.6. The molecule has 148 valence electrons. The summed E-state index contributed by atoms with van der Waals surface area (Å²) in [4.78, 5) is 16.9. The summed E-state index contributed by atoms with van der Waals surface area (Å²) >= 11 is 0. The van der Waals surface area contributed by atoms with E-state index in [1.54, 1.807) is 12.1 Å². The van der Waals surface area contributed by atoms with Crippen molar-refractivity contribution in [2.45, 2.75) is 18.9 Å². The molecule has 0 atom stereocenters. The van der Waals surface area contributed by atoms with E-state index < -0.39 is 28.9 Å². The van der Waals surface area contributed by atoms with Crippen molar-refractivity contribution >= 4 is 23.0 Å². The number of hydrogen-bond acceptors (Lipinski definition) is 4. The van der Waals surface area contributed by atoms with Crippen molar-refractivity contribution < 1.29 is 18.0 Å². The maximum Gasteiger partial charge on any atom is 0.261 e. The van der Waals surface area contributed by atoms with Crippen LogP contribution in [0.5, 0.6) is 0 Å². The molecule has 2 aliphatic heterocycles. The lowest BCUT2D eigenvalue weighted by molar-refractivity contribution is 0.101. The quantitative estimate of drug-likeness (QED) is 0.840. The average molecular weight is 390 g/mol. The number of piperidine rings is 1. The number of rotatable bonds is 3. The standard InChI is InChI=1S/C20H21F3N4O/c1-26-6-4-14(5-7-26)27-11-24-17-3-2-13(10-18(17)27)25-20(28)19-15(22)8-12(21)9-16(19)23/h2-3,8-10,14,24H,4-7,11H2,1H3,(H,25,28). The maximum absolute atomic E-state index is 13.9. The summed E-state index contributed by atoms with van der Waals surface area (Å²) in [5.41, 5.74) is 1.53. The Bertz CT molecular complexity index is 889. The summed E-state index contributed by atoms with van der Waals surface area (Å²) in [6, 6.07) is 6.67. The normalized spacial score (nSPS) is 17.4. The number of fused-ring (bicyclic) bond motifs is 1. The average Bonchev–Trinajstić information content (AvgIpc) is 3.04. The molecule has 2 aromatic carbocycles. The Morgan fingerprint density at radius 2 is 1.79 bits per heavy atom. The molecule has 2 heterocycles. The molecule has 0 aromatic heterocycles. The highest BCUT2D eigenvalue weighted by Gasteiger charge is 2.29. The van der Waals surface area contributed by atoms with Crippen LogP contribution >= 0.6 is 0 Å². The molecule has 2 N–H and O–H groups in total. The number of anilines is 3. The smallest absolute Gasteiger partial charge is 0.261 e. The molecule has 1 fully saturated rings. The molecule has 2 aliphatic rings. The molecule has 0 aliphatic carbocycles. The van der Waals surface area contributed by atoms with Gasteiger partial charge in [-0.3, -0.25) is 4.79 Å². The van der Waals surface area contributed by atoms with Crippen molar-refractivity contribution in [3.8, 4) is 0 Å². The van der Waals surface area contributed by atoms with Gasteiger partial charge in [-0.15, -0.1) is 0 Å². The number of benzene rings is 2. The first-order valence-electron chi connectivity index (χ1n) is 9.21. The molecule has 0 unspecified atom stereocenters. The Balaban J connectivity index is 1.55. The number of nitrogens with zero attached hydrogens (tertiary/aromatic N) is 2. The maximum atomic E-state index is 13.9. The number of halogens is 3. The lowest BCUT2D eigenvalue weighted by Crippen LogP contribution is -2.43. The minimum atomic E-state index is -1.23. The van der Waals surface area contributed by atoms with Crippen molar-refractivity contribution in [1.82, 2.24) is 4.90 Å². The molecule has 0 radical (unpaired) electrons. The fraction of sp³-hybridized carbons (Fsp3) is 0.350. The Hall–Kier alpha value is -2.74. The summed E-state index contributed by atoms with van der Waals surface area (Å²) in [7, 11) is 2.10. The zero-order valence-corrected chi connectivity index (χ0v) is 15.4. The van der Waals surface area contributed by atoms with Crippen molar-refractivity contribution in [2.75, 3.05) is 42.3 Å². The van der Waals surface area contributed by atoms with Gasteiger partial charge >= 0.3 is 0 Å². The van der Waals surface area contributed by atoms with E-state index in [4.69, 9.17) is 0 Å². The van der Waals surface area contributed by atoms with E-state index in [1.807, 2.05) is 6.07 Å². The molecular weight excluding hydrogens is 369 g/mol. The summed E-state index contributed by atoms with van der Waals surface area (Å²) < 4.78 is 40.8. The first-order valence-corrected chi connectivity index (χ1v) is 9.21. The highest BCUT2D eigenvalue weighted by Crippen LogP contribution is 2.37. The highest BCUT2D eigenvalue weighted by atomic mass is 19.1. The molecule has 4 rings (SSSR count). The molecule has 0 bridgehead atoms. The van der Waals surface area contributed by atoms with E-state index in [9.17, 15) is 18.0 Å². The molecule has 8 heteroatoms. The number of carbonyl (C=O) groups is 1. The Kier molecular flexibility index (Phi) is 4.89. The van der Waals surface area contributed by atoms with Gasteiger partial charge < -0.3 is 20.4 Å². The number of nitrogens with one attached hydrogen (secondary N) is 2. The van der Waals surface area contributed by atoms with Gasteiger partial charge in [0.15, 0.2) is 0 Å². The van der Waals surface area contributed by atoms with Crippen LogP contribution in [0.1, 0.15) is 23.2 Å². The van der Waals surface area contributed by atoms with Crippen LogP contribution in [0.15, 0.2) is 30.3 Å². The van der Waals surface area contributed by atoms with Crippen LogP contribution < -0.4 is 15.5 Å². The number of carbonyl (C=O) groups excluding carboxylic acids is 1. The van der Waals surface area contributed by atoms with E-state index in [0.717, 1.165) is 37.3 Å². The molecule has 0 saturated carbocycles. The minimum Gasteiger partial charge on any atom is -0.366 e. The molecule has 1 saturated heterocycles. The van der Waals surface area contributed by atoms with Gasteiger partial charge in [0.1, 0.15) is 23.0 Å². The van der Waals surface area contributed by atoms with Crippen molar-refractivity contribution in [1.29, 1.82) is 0 Å². The molecule has 28 heavy (non-hydrogen) atoms. The molecule has 0 spiro atoms. The van der Waals surface area contributed by atoms with Gasteiger partial charge in [0, 0.05) is 23.9 Å². The highest BCUT2D eigenvalue weighted by molar-refractivity contribution is 6.05. The number of likely N-dealkylation sites (tertiary alicyclic amines) is 1. The monoisotopic (exact) mass is 390 g/mol. The van der Waals surface area contributed by atoms with Gasteiger partial charge in [-0.25, -0.2) is 13.2 Å². The fourth-order valence-electron chi connectivity index (χ4n) is 3.84. The molecular formula is C20H21F3N4O. The van der Waals surface area contributed by atoms with E-state index in [2.05, 4.69) is 27.5 Å². The van der Waals surface area contributed by atoms with Crippen LogP contribution in [0.25, 0.3) is 0 Å². The second-order valence-electron chi connectivity index (χ2n) is 7.27. The first-order chi connectivity index (χ1) is 13.4. The fourth-order valence-corrected chi connectivity index (χ4v) is 3.84. The Morgan fingerprint density at radius 3 is 2.46 bits per heavy atom. The second kappa shape index (κ2) is 7.35. The van der Waals surface area contributed by atoms with Gasteiger partial charge in [-0.05, 0) is 51.2 Å². The van der Waals surface area contributed by atoms with Crippen LogP contribution in [0.4, 0.5) is 30.2 Å². The third-order valence-corrected chi connectivity index (χ3v) is 5.37. The van der Waals surface area contributed by atoms with Crippen molar-refractivity contribution in [3.63, 3.8) is 0 Å². The minimum absolute atomic E-state index is 0.392. The summed E-state index contributed by atoms with van der Waals surface area (Å²) in [6.45, 7) is 2.73. The largest absolute Gasteiger partial charge is 0.366 e. The summed E-state index contributed by atoms with van der Waals surface area (Å²) in [6.07, 6.45) is 2.08. The van der Waals surface area contributed by atoms with Gasteiger partial charge in [0.05, 0.1) is 18.0 Å². The van der Waals surface area contributed by atoms with Crippen LogP contribution in [0.2, 0.25) is 0 Å². The van der Waals surface area contributed by atoms with Crippen molar-refractivity contribution in [3.05, 3.63) is 53.3 Å². The summed E-state index contributed by atoms with van der Waals surface area (Å²) in [5, 5.41) is 5.85. The van der Waals surface area contributed by atoms with Crippen LogP contribution in [-0.2, 0) is 0 Å². The van der Waals surface area contributed by atoms with Crippen LogP contribution in [0, 0.1) is 17.5 Å². The third kappa shape index (κ3) is 3.52. The second-order valence-corrected chi connectivity index (χ2v) is 7.27. The van der Waals surface area contributed by atoms with E-state index in [-0.39, 0.29) is 0 Å². The predicted octanol–water partition coefficient (Wildman–Crippen LogP) is 3.64. The molecule has 5 nitrogen and oxygen atoms in total. The summed E-state index contributed by atoms with van der Waals surface area (Å²) in [5.74, 6) is -4.48. The lowest BCUT2D eigenvalue weighted by atomic mass is 10.0. The SMILES string of the molecule is CN1CCC(N2CNc3ccc(NC(=O)c4c(F)cc(F)cc4F)cc32)CC1. The predicted molar refractivity (Wildman–Crippen MR) is 102 cm³/mol. The number of amides is 1. The van der Waals surface area contributed by atoms with Crippen LogP contribution in [-0.4, -0.2) is 43.7 Å². The van der Waals surface area contributed by atoms with Gasteiger partial charge in [0.25, 0.3) is 5.91 Å².